The van der Waals surface area contributed by atoms with Crippen LogP contribution in [-0.4, -0.2) is 26.0 Å². The Morgan fingerprint density at radius 2 is 2.29 bits per heavy atom. The third-order valence-corrected chi connectivity index (χ3v) is 3.53. The summed E-state index contributed by atoms with van der Waals surface area (Å²) < 4.78 is 5.24. The van der Waals surface area contributed by atoms with Crippen molar-refractivity contribution >= 4 is 5.78 Å². The van der Waals surface area contributed by atoms with E-state index in [4.69, 9.17) is 4.74 Å². The Labute approximate surface area is 102 Å². The van der Waals surface area contributed by atoms with E-state index < -0.39 is 0 Å². The van der Waals surface area contributed by atoms with Crippen LogP contribution in [0.1, 0.15) is 24.8 Å². The lowest BCUT2D eigenvalue weighted by molar-refractivity contribution is -0.122. The fraction of sp³-hybridized carbons (Fsp3) is 0.500. The van der Waals surface area contributed by atoms with Gasteiger partial charge in [0, 0.05) is 18.4 Å². The molecule has 1 aromatic carbocycles. The lowest BCUT2D eigenvalue weighted by Crippen LogP contribution is -2.38. The number of Topliss-reactive ketones (excluding diaryl/α,β-unsaturated/α-hetero) is 1. The van der Waals surface area contributed by atoms with E-state index in [2.05, 4.69) is 11.4 Å². The van der Waals surface area contributed by atoms with E-state index >= 15 is 0 Å². The second-order valence-corrected chi connectivity index (χ2v) is 4.59. The van der Waals surface area contributed by atoms with Gasteiger partial charge in [0.15, 0.2) is 0 Å². The van der Waals surface area contributed by atoms with Crippen molar-refractivity contribution in [1.82, 2.24) is 5.32 Å². The zero-order chi connectivity index (χ0) is 12.3. The maximum Gasteiger partial charge on any atom is 0.133 e. The molecule has 0 amide bonds. The second-order valence-electron chi connectivity index (χ2n) is 4.59. The topological polar surface area (TPSA) is 38.3 Å². The number of hydrogen-bond donors (Lipinski definition) is 1. The van der Waals surface area contributed by atoms with Crippen LogP contribution in [0.25, 0.3) is 0 Å². The van der Waals surface area contributed by atoms with Gasteiger partial charge in [0.05, 0.1) is 7.11 Å². The standard InChI is InChI=1S/C14H19NO2/c1-10(16)13-6-7-15-9-14(13)11-4-3-5-12(8-11)17-2/h3-5,8,13-15H,6-7,9H2,1-2H3/t13-,14+/m1/s1. The average Bonchev–Trinajstić information content (AvgIpc) is 2.39. The molecule has 2 atom stereocenters. The molecule has 0 spiro atoms. The van der Waals surface area contributed by atoms with Crippen LogP contribution in [-0.2, 0) is 4.79 Å². The van der Waals surface area contributed by atoms with Gasteiger partial charge in [-0.25, -0.2) is 0 Å². The third kappa shape index (κ3) is 2.67. The first-order valence-corrected chi connectivity index (χ1v) is 6.07. The minimum absolute atomic E-state index is 0.142. The molecule has 92 valence electrons. The van der Waals surface area contributed by atoms with Gasteiger partial charge in [-0.3, -0.25) is 4.79 Å². The van der Waals surface area contributed by atoms with Gasteiger partial charge in [0.1, 0.15) is 11.5 Å². The minimum atomic E-state index is 0.142. The van der Waals surface area contributed by atoms with Crippen molar-refractivity contribution in [1.29, 1.82) is 0 Å². The summed E-state index contributed by atoms with van der Waals surface area (Å²) in [6, 6.07) is 8.03. The van der Waals surface area contributed by atoms with E-state index in [0.717, 1.165) is 25.3 Å². The van der Waals surface area contributed by atoms with Crippen molar-refractivity contribution in [3.05, 3.63) is 29.8 Å². The first kappa shape index (κ1) is 12.1. The highest BCUT2D eigenvalue weighted by Gasteiger charge is 2.29. The number of rotatable bonds is 3. The van der Waals surface area contributed by atoms with E-state index in [-0.39, 0.29) is 11.8 Å². The Balaban J connectivity index is 2.26. The first-order valence-electron chi connectivity index (χ1n) is 6.07. The van der Waals surface area contributed by atoms with E-state index in [0.29, 0.717) is 5.78 Å². The summed E-state index contributed by atoms with van der Waals surface area (Å²) in [4.78, 5) is 11.7. The van der Waals surface area contributed by atoms with Crippen LogP contribution in [0.15, 0.2) is 24.3 Å². The Morgan fingerprint density at radius 1 is 1.47 bits per heavy atom. The summed E-state index contributed by atoms with van der Waals surface area (Å²) in [5, 5.41) is 3.36. The molecule has 1 saturated heterocycles. The summed E-state index contributed by atoms with van der Waals surface area (Å²) in [7, 11) is 1.67. The van der Waals surface area contributed by atoms with Gasteiger partial charge in [-0.2, -0.15) is 0 Å². The van der Waals surface area contributed by atoms with Crippen LogP contribution < -0.4 is 10.1 Å². The van der Waals surface area contributed by atoms with E-state index in [1.54, 1.807) is 14.0 Å². The van der Waals surface area contributed by atoms with Gasteiger partial charge in [-0.15, -0.1) is 0 Å². The van der Waals surface area contributed by atoms with E-state index in [9.17, 15) is 4.79 Å². The average molecular weight is 233 g/mol. The van der Waals surface area contributed by atoms with Crippen LogP contribution in [0.4, 0.5) is 0 Å². The molecule has 3 heteroatoms. The zero-order valence-electron chi connectivity index (χ0n) is 10.4. The Hall–Kier alpha value is -1.35. The largest absolute Gasteiger partial charge is 0.497 e. The highest BCUT2D eigenvalue weighted by molar-refractivity contribution is 5.79. The number of ether oxygens (including phenoxy) is 1. The molecule has 1 aliphatic rings. The molecule has 1 N–H and O–H groups in total. The number of methoxy groups -OCH3 is 1. The molecule has 1 heterocycles. The Bertz CT molecular complexity index is 403. The maximum atomic E-state index is 11.7. The van der Waals surface area contributed by atoms with Crippen LogP contribution in [0.5, 0.6) is 5.75 Å². The molecule has 1 fully saturated rings. The number of carbonyl (C=O) groups is 1. The number of benzene rings is 1. The predicted molar refractivity (Wildman–Crippen MR) is 67.4 cm³/mol. The molecule has 17 heavy (non-hydrogen) atoms. The highest BCUT2D eigenvalue weighted by Crippen LogP contribution is 2.31. The monoisotopic (exact) mass is 233 g/mol. The quantitative estimate of drug-likeness (QED) is 0.867. The SMILES string of the molecule is COc1cccc([C@@H]2CNCC[C@@H]2C(C)=O)c1. The highest BCUT2D eigenvalue weighted by atomic mass is 16.5. The number of nitrogens with one attached hydrogen (secondary N) is 1. The molecular weight excluding hydrogens is 214 g/mol. The summed E-state index contributed by atoms with van der Waals surface area (Å²) in [6.45, 7) is 3.51. The number of ketones is 1. The molecule has 3 nitrogen and oxygen atoms in total. The minimum Gasteiger partial charge on any atom is -0.497 e. The molecule has 0 saturated carbocycles. The van der Waals surface area contributed by atoms with Crippen LogP contribution >= 0.6 is 0 Å². The number of piperidine rings is 1. The summed E-state index contributed by atoms with van der Waals surface area (Å²) in [6.07, 6.45) is 0.928. The maximum absolute atomic E-state index is 11.7. The van der Waals surface area contributed by atoms with Gasteiger partial charge in [0.25, 0.3) is 0 Å². The fourth-order valence-electron chi connectivity index (χ4n) is 2.57. The molecule has 0 bridgehead atoms. The normalized spacial score (nSPS) is 24.4. The zero-order valence-corrected chi connectivity index (χ0v) is 10.4. The van der Waals surface area contributed by atoms with Crippen molar-refractivity contribution in [3.63, 3.8) is 0 Å². The van der Waals surface area contributed by atoms with Crippen molar-refractivity contribution in [2.75, 3.05) is 20.2 Å². The van der Waals surface area contributed by atoms with Gasteiger partial charge in [0.2, 0.25) is 0 Å². The van der Waals surface area contributed by atoms with Crippen molar-refractivity contribution in [2.24, 2.45) is 5.92 Å². The van der Waals surface area contributed by atoms with Gasteiger partial charge < -0.3 is 10.1 Å². The molecule has 1 aliphatic heterocycles. The van der Waals surface area contributed by atoms with E-state index in [1.165, 1.54) is 5.56 Å². The smallest absolute Gasteiger partial charge is 0.133 e. The molecule has 2 rings (SSSR count). The molecule has 0 aromatic heterocycles. The second kappa shape index (κ2) is 5.32. The first-order chi connectivity index (χ1) is 8.22. The molecule has 1 aromatic rings. The van der Waals surface area contributed by atoms with Gasteiger partial charge in [-0.1, -0.05) is 12.1 Å². The molecule has 0 aliphatic carbocycles. The van der Waals surface area contributed by atoms with E-state index in [1.807, 2.05) is 18.2 Å². The predicted octanol–water partition coefficient (Wildman–Crippen LogP) is 1.98. The summed E-state index contributed by atoms with van der Waals surface area (Å²) >= 11 is 0. The van der Waals surface area contributed by atoms with Crippen LogP contribution in [0.2, 0.25) is 0 Å². The molecular formula is C14H19NO2. The fourth-order valence-corrected chi connectivity index (χ4v) is 2.57. The molecule has 0 unspecified atom stereocenters. The van der Waals surface area contributed by atoms with Crippen LogP contribution in [0, 0.1) is 5.92 Å². The van der Waals surface area contributed by atoms with Gasteiger partial charge in [-0.05, 0) is 37.6 Å². The molecule has 0 radical (unpaired) electrons. The number of carbonyl (C=O) groups excluding carboxylic acids is 1. The van der Waals surface area contributed by atoms with Crippen molar-refractivity contribution < 1.29 is 9.53 Å². The Kier molecular flexibility index (Phi) is 3.79. The van der Waals surface area contributed by atoms with Crippen molar-refractivity contribution in [3.8, 4) is 5.75 Å². The third-order valence-electron chi connectivity index (χ3n) is 3.53. The number of hydrogen-bond acceptors (Lipinski definition) is 3. The van der Waals surface area contributed by atoms with Crippen molar-refractivity contribution in [2.45, 2.75) is 19.3 Å². The Morgan fingerprint density at radius 3 is 3.00 bits per heavy atom. The lowest BCUT2D eigenvalue weighted by atomic mass is 9.79. The van der Waals surface area contributed by atoms with Crippen LogP contribution in [0.3, 0.4) is 0 Å². The summed E-state index contributed by atoms with van der Waals surface area (Å²) in [5.74, 6) is 1.56. The van der Waals surface area contributed by atoms with Gasteiger partial charge >= 0.3 is 0 Å². The lowest BCUT2D eigenvalue weighted by Gasteiger charge is -2.31. The summed E-state index contributed by atoms with van der Waals surface area (Å²) in [5.41, 5.74) is 1.19.